The van der Waals surface area contributed by atoms with Gasteiger partial charge in [0.05, 0.1) is 16.7 Å². The van der Waals surface area contributed by atoms with Crippen LogP contribution in [-0.2, 0) is 23.3 Å². The molecule has 0 aliphatic heterocycles. The summed E-state index contributed by atoms with van der Waals surface area (Å²) < 4.78 is 24.8. The first kappa shape index (κ1) is 14.2. The third-order valence-corrected chi connectivity index (χ3v) is 4.82. The summed E-state index contributed by atoms with van der Waals surface area (Å²) in [5.41, 5.74) is 1.02. The number of nitrogens with one attached hydrogen (secondary N) is 1. The Bertz CT molecular complexity index is 437. The SMILES string of the molecule is CC(C)S(=O)(=O)CCNCCc1ccn(C)n1. The molecule has 5 nitrogen and oxygen atoms in total. The van der Waals surface area contributed by atoms with Crippen molar-refractivity contribution in [2.75, 3.05) is 18.8 Å². The van der Waals surface area contributed by atoms with E-state index in [0.29, 0.717) is 6.54 Å². The maximum absolute atomic E-state index is 11.5. The Morgan fingerprint density at radius 1 is 1.41 bits per heavy atom. The molecule has 0 aromatic carbocycles. The molecule has 1 aromatic heterocycles. The maximum atomic E-state index is 11.5. The molecule has 0 aliphatic carbocycles. The minimum atomic E-state index is -2.92. The molecule has 0 saturated carbocycles. The van der Waals surface area contributed by atoms with Gasteiger partial charge in [-0.1, -0.05) is 0 Å². The zero-order valence-corrected chi connectivity index (χ0v) is 11.5. The normalized spacial score (nSPS) is 12.2. The third kappa shape index (κ3) is 4.87. The van der Waals surface area contributed by atoms with Crippen LogP contribution in [0.25, 0.3) is 0 Å². The monoisotopic (exact) mass is 259 g/mol. The topological polar surface area (TPSA) is 64.0 Å². The molecular formula is C11H21N3O2S. The summed E-state index contributed by atoms with van der Waals surface area (Å²) in [6, 6.07) is 1.96. The summed E-state index contributed by atoms with van der Waals surface area (Å²) in [6.07, 6.45) is 2.72. The van der Waals surface area contributed by atoms with Crippen molar-refractivity contribution >= 4 is 9.84 Å². The molecule has 6 heteroatoms. The van der Waals surface area contributed by atoms with E-state index in [1.54, 1.807) is 18.5 Å². The molecular weight excluding hydrogens is 238 g/mol. The number of rotatable bonds is 7. The molecule has 0 spiro atoms. The van der Waals surface area contributed by atoms with E-state index in [0.717, 1.165) is 18.7 Å². The van der Waals surface area contributed by atoms with Crippen LogP contribution in [-0.4, -0.2) is 42.3 Å². The van der Waals surface area contributed by atoms with Crippen molar-refractivity contribution < 1.29 is 8.42 Å². The minimum absolute atomic E-state index is 0.201. The lowest BCUT2D eigenvalue weighted by atomic mass is 10.3. The molecule has 0 amide bonds. The average molecular weight is 259 g/mol. The van der Waals surface area contributed by atoms with Crippen LogP contribution in [0.5, 0.6) is 0 Å². The van der Waals surface area contributed by atoms with E-state index < -0.39 is 9.84 Å². The molecule has 0 aliphatic rings. The van der Waals surface area contributed by atoms with Gasteiger partial charge in [0.25, 0.3) is 0 Å². The fourth-order valence-corrected chi connectivity index (χ4v) is 2.29. The van der Waals surface area contributed by atoms with Gasteiger partial charge in [-0.2, -0.15) is 5.10 Å². The van der Waals surface area contributed by atoms with Crippen LogP contribution in [0.15, 0.2) is 12.3 Å². The Balaban J connectivity index is 2.17. The summed E-state index contributed by atoms with van der Waals surface area (Å²) in [6.45, 7) is 4.68. The molecule has 1 heterocycles. The second kappa shape index (κ2) is 6.16. The van der Waals surface area contributed by atoms with Crippen molar-refractivity contribution in [3.05, 3.63) is 18.0 Å². The highest BCUT2D eigenvalue weighted by Crippen LogP contribution is 1.99. The van der Waals surface area contributed by atoms with Crippen LogP contribution in [0.1, 0.15) is 19.5 Å². The summed E-state index contributed by atoms with van der Waals surface area (Å²) in [5.74, 6) is 0.201. The molecule has 1 rings (SSSR count). The molecule has 0 bridgehead atoms. The van der Waals surface area contributed by atoms with E-state index in [4.69, 9.17) is 0 Å². The molecule has 0 atom stereocenters. The predicted molar refractivity (Wildman–Crippen MR) is 68.7 cm³/mol. The van der Waals surface area contributed by atoms with Gasteiger partial charge in [-0.15, -0.1) is 0 Å². The summed E-state index contributed by atoms with van der Waals surface area (Å²) in [4.78, 5) is 0. The third-order valence-electron chi connectivity index (χ3n) is 2.61. The van der Waals surface area contributed by atoms with Crippen molar-refractivity contribution in [1.82, 2.24) is 15.1 Å². The zero-order valence-electron chi connectivity index (χ0n) is 10.7. The lowest BCUT2D eigenvalue weighted by molar-refractivity contribution is 0.582. The molecule has 0 radical (unpaired) electrons. The van der Waals surface area contributed by atoms with Gasteiger partial charge in [-0.3, -0.25) is 4.68 Å². The Morgan fingerprint density at radius 3 is 2.65 bits per heavy atom. The van der Waals surface area contributed by atoms with Crippen LogP contribution in [0.4, 0.5) is 0 Å². The predicted octanol–water partition coefficient (Wildman–Crippen LogP) is 0.375. The van der Waals surface area contributed by atoms with E-state index in [2.05, 4.69) is 10.4 Å². The van der Waals surface area contributed by atoms with Gasteiger partial charge in [-0.25, -0.2) is 8.42 Å². The lowest BCUT2D eigenvalue weighted by Gasteiger charge is -2.08. The van der Waals surface area contributed by atoms with Gasteiger partial charge in [0.2, 0.25) is 0 Å². The number of aryl methyl sites for hydroxylation is 1. The fourth-order valence-electron chi connectivity index (χ4n) is 1.39. The second-order valence-corrected chi connectivity index (χ2v) is 7.07. The van der Waals surface area contributed by atoms with Crippen LogP contribution >= 0.6 is 0 Å². The highest BCUT2D eigenvalue weighted by Gasteiger charge is 2.14. The smallest absolute Gasteiger partial charge is 0.153 e. The summed E-state index contributed by atoms with van der Waals surface area (Å²) >= 11 is 0. The average Bonchev–Trinajstić information content (AvgIpc) is 2.63. The van der Waals surface area contributed by atoms with Crippen LogP contribution < -0.4 is 5.32 Å². The van der Waals surface area contributed by atoms with Crippen molar-refractivity contribution in [2.45, 2.75) is 25.5 Å². The van der Waals surface area contributed by atoms with E-state index >= 15 is 0 Å². The zero-order chi connectivity index (χ0) is 12.9. The number of sulfone groups is 1. The lowest BCUT2D eigenvalue weighted by Crippen LogP contribution is -2.28. The number of nitrogens with zero attached hydrogens (tertiary/aromatic N) is 2. The molecule has 17 heavy (non-hydrogen) atoms. The van der Waals surface area contributed by atoms with Crippen molar-refractivity contribution in [3.63, 3.8) is 0 Å². The summed E-state index contributed by atoms with van der Waals surface area (Å²) in [7, 11) is -1.04. The van der Waals surface area contributed by atoms with Gasteiger partial charge >= 0.3 is 0 Å². The van der Waals surface area contributed by atoms with E-state index in [9.17, 15) is 8.42 Å². The van der Waals surface area contributed by atoms with Crippen LogP contribution in [0.3, 0.4) is 0 Å². The van der Waals surface area contributed by atoms with Gasteiger partial charge in [0, 0.05) is 32.8 Å². The summed E-state index contributed by atoms with van der Waals surface area (Å²) in [5, 5.41) is 7.08. The number of aromatic nitrogens is 2. The van der Waals surface area contributed by atoms with E-state index in [1.165, 1.54) is 0 Å². The maximum Gasteiger partial charge on any atom is 0.153 e. The Kier molecular flexibility index (Phi) is 5.14. The largest absolute Gasteiger partial charge is 0.315 e. The highest BCUT2D eigenvalue weighted by molar-refractivity contribution is 7.92. The van der Waals surface area contributed by atoms with Crippen LogP contribution in [0.2, 0.25) is 0 Å². The molecule has 1 N–H and O–H groups in total. The standard InChI is InChI=1S/C11H21N3O2S/c1-10(2)17(15,16)9-7-12-6-4-11-5-8-14(3)13-11/h5,8,10,12H,4,6-7,9H2,1-3H3. The number of hydrogen-bond acceptors (Lipinski definition) is 4. The Morgan fingerprint density at radius 2 is 2.12 bits per heavy atom. The van der Waals surface area contributed by atoms with Crippen molar-refractivity contribution in [3.8, 4) is 0 Å². The van der Waals surface area contributed by atoms with Crippen molar-refractivity contribution in [1.29, 1.82) is 0 Å². The molecule has 0 saturated heterocycles. The van der Waals surface area contributed by atoms with Gasteiger partial charge in [0.15, 0.2) is 9.84 Å². The highest BCUT2D eigenvalue weighted by atomic mass is 32.2. The van der Waals surface area contributed by atoms with Gasteiger partial charge < -0.3 is 5.32 Å². The second-order valence-electron chi connectivity index (χ2n) is 4.40. The number of hydrogen-bond donors (Lipinski definition) is 1. The first-order valence-corrected chi connectivity index (χ1v) is 7.54. The quantitative estimate of drug-likeness (QED) is 0.719. The molecule has 0 fully saturated rings. The Labute approximate surface area is 103 Å². The minimum Gasteiger partial charge on any atom is -0.315 e. The first-order valence-electron chi connectivity index (χ1n) is 5.82. The molecule has 1 aromatic rings. The van der Waals surface area contributed by atoms with E-state index in [-0.39, 0.29) is 11.0 Å². The Hall–Kier alpha value is -0.880. The van der Waals surface area contributed by atoms with Gasteiger partial charge in [-0.05, 0) is 19.9 Å². The van der Waals surface area contributed by atoms with Gasteiger partial charge in [0.1, 0.15) is 0 Å². The van der Waals surface area contributed by atoms with E-state index in [1.807, 2.05) is 19.3 Å². The molecule has 0 unspecified atom stereocenters. The fraction of sp³-hybridized carbons (Fsp3) is 0.727. The van der Waals surface area contributed by atoms with Crippen LogP contribution in [0, 0.1) is 0 Å². The first-order chi connectivity index (χ1) is 7.92. The van der Waals surface area contributed by atoms with Crippen molar-refractivity contribution in [2.24, 2.45) is 7.05 Å². The molecule has 98 valence electrons.